The average molecular weight is 339 g/mol. The standard InChI is InChI=1S/C18H37O2P.Na/c1-2-3-4-5-6-7-8-9-10-11-12-13-14-15-16-17-18-20-21-19;/h2-18H2,1H3;/q;+1. The van der Waals surface area contributed by atoms with Gasteiger partial charge in [-0.3, -0.25) is 4.52 Å². The van der Waals surface area contributed by atoms with Gasteiger partial charge >= 0.3 is 38.2 Å². The van der Waals surface area contributed by atoms with Crippen LogP contribution in [0.2, 0.25) is 0 Å². The van der Waals surface area contributed by atoms with E-state index in [-0.39, 0.29) is 38.2 Å². The first-order valence-corrected chi connectivity index (χ1v) is 10.1. The quantitative estimate of drug-likeness (QED) is 0.209. The van der Waals surface area contributed by atoms with Crippen molar-refractivity contribution in [3.8, 4) is 0 Å². The van der Waals surface area contributed by atoms with Crippen LogP contribution in [0, 0.1) is 0 Å². The summed E-state index contributed by atoms with van der Waals surface area (Å²) >= 11 is 0. The zero-order chi connectivity index (χ0) is 15.4. The van der Waals surface area contributed by atoms with Crippen LogP contribution in [-0.2, 0) is 9.09 Å². The Kier molecular flexibility index (Phi) is 28.0. The molecule has 0 aromatic rings. The van der Waals surface area contributed by atoms with Gasteiger partial charge in [-0.1, -0.05) is 103 Å². The Labute approximate surface area is 163 Å². The molecule has 0 fully saturated rings. The molecule has 0 amide bonds. The Morgan fingerprint density at radius 1 is 0.591 bits per heavy atom. The molecule has 0 N–H and O–H groups in total. The van der Waals surface area contributed by atoms with E-state index in [1.807, 2.05) is 0 Å². The summed E-state index contributed by atoms with van der Waals surface area (Å²) in [5.74, 6) is 0. The molecule has 0 aliphatic carbocycles. The molecule has 4 heteroatoms. The smallest absolute Gasteiger partial charge is 0.294 e. The summed E-state index contributed by atoms with van der Waals surface area (Å²) in [5, 5.41) is 0. The second kappa shape index (κ2) is 24.3. The summed E-state index contributed by atoms with van der Waals surface area (Å²) in [6, 6.07) is 0. The second-order valence-corrected chi connectivity index (χ2v) is 6.62. The van der Waals surface area contributed by atoms with E-state index < -0.39 is 0 Å². The molecular formula is C18H37NaO2P+. The average Bonchev–Trinajstić information content (AvgIpc) is 2.50. The number of unbranched alkanes of at least 4 members (excludes halogenated alkanes) is 15. The van der Waals surface area contributed by atoms with Crippen LogP contribution in [0.25, 0.3) is 0 Å². The van der Waals surface area contributed by atoms with Crippen LogP contribution in [-0.4, -0.2) is 6.61 Å². The molecule has 0 radical (unpaired) electrons. The third-order valence-corrected chi connectivity index (χ3v) is 4.43. The summed E-state index contributed by atoms with van der Waals surface area (Å²) in [6.07, 6.45) is 22.0. The summed E-state index contributed by atoms with van der Waals surface area (Å²) < 4.78 is 14.8. The molecule has 2 nitrogen and oxygen atoms in total. The van der Waals surface area contributed by atoms with Gasteiger partial charge in [0.15, 0.2) is 0 Å². The molecule has 0 spiro atoms. The first-order chi connectivity index (χ1) is 10.4. The molecule has 0 bridgehead atoms. The van der Waals surface area contributed by atoms with E-state index in [0.717, 1.165) is 6.42 Å². The van der Waals surface area contributed by atoms with Crippen LogP contribution in [0.5, 0.6) is 0 Å². The number of hydrogen-bond donors (Lipinski definition) is 0. The van der Waals surface area contributed by atoms with Gasteiger partial charge in [-0.15, -0.1) is 0 Å². The van der Waals surface area contributed by atoms with Gasteiger partial charge in [-0.25, -0.2) is 4.57 Å². The largest absolute Gasteiger partial charge is 1.00 e. The van der Waals surface area contributed by atoms with Crippen molar-refractivity contribution in [1.82, 2.24) is 0 Å². The molecule has 0 atom stereocenters. The summed E-state index contributed by atoms with van der Waals surface area (Å²) in [4.78, 5) is 0. The van der Waals surface area contributed by atoms with E-state index in [0.29, 0.717) is 6.61 Å². The van der Waals surface area contributed by atoms with Crippen molar-refractivity contribution in [2.75, 3.05) is 6.61 Å². The fourth-order valence-corrected chi connectivity index (χ4v) is 2.96. The van der Waals surface area contributed by atoms with Crippen LogP contribution in [0.3, 0.4) is 0 Å². The molecule has 0 aliphatic heterocycles. The normalized spacial score (nSPS) is 10.8. The van der Waals surface area contributed by atoms with Gasteiger partial charge in [0.25, 0.3) is 0 Å². The fourth-order valence-electron chi connectivity index (χ4n) is 2.75. The zero-order valence-electron chi connectivity index (χ0n) is 15.3. The minimum atomic E-state index is -0.171. The van der Waals surface area contributed by atoms with Crippen molar-refractivity contribution in [3.63, 3.8) is 0 Å². The molecular weight excluding hydrogens is 302 g/mol. The van der Waals surface area contributed by atoms with E-state index in [1.54, 1.807) is 0 Å². The van der Waals surface area contributed by atoms with Crippen LogP contribution in [0.4, 0.5) is 0 Å². The van der Waals surface area contributed by atoms with Gasteiger partial charge in [0.2, 0.25) is 0 Å². The predicted octanol–water partition coefficient (Wildman–Crippen LogP) is 4.48. The van der Waals surface area contributed by atoms with Gasteiger partial charge in [0.05, 0.1) is 6.61 Å². The van der Waals surface area contributed by atoms with Crippen molar-refractivity contribution in [3.05, 3.63) is 0 Å². The van der Waals surface area contributed by atoms with Crippen molar-refractivity contribution in [2.24, 2.45) is 0 Å². The van der Waals surface area contributed by atoms with E-state index in [2.05, 4.69) is 6.92 Å². The van der Waals surface area contributed by atoms with Crippen molar-refractivity contribution in [1.29, 1.82) is 0 Å². The minimum Gasteiger partial charge on any atom is -0.294 e. The number of rotatable bonds is 18. The third kappa shape index (κ3) is 23.3. The fraction of sp³-hybridized carbons (Fsp3) is 1.00. The van der Waals surface area contributed by atoms with Crippen LogP contribution >= 0.6 is 8.69 Å². The van der Waals surface area contributed by atoms with Crippen molar-refractivity contribution < 1.29 is 38.6 Å². The summed E-state index contributed by atoms with van der Waals surface area (Å²) in [5.41, 5.74) is 0. The molecule has 0 aliphatic rings. The first-order valence-electron chi connectivity index (χ1n) is 9.36. The Hall–Kier alpha value is 1.06. The summed E-state index contributed by atoms with van der Waals surface area (Å²) in [7, 11) is -0.171. The van der Waals surface area contributed by atoms with Crippen molar-refractivity contribution in [2.45, 2.75) is 110 Å². The van der Waals surface area contributed by atoms with Crippen molar-refractivity contribution >= 4 is 8.69 Å². The third-order valence-electron chi connectivity index (χ3n) is 4.14. The molecule has 0 saturated heterocycles. The molecule has 0 saturated carbocycles. The monoisotopic (exact) mass is 339 g/mol. The first kappa shape index (κ1) is 25.3. The van der Waals surface area contributed by atoms with Gasteiger partial charge in [-0.2, -0.15) is 0 Å². The van der Waals surface area contributed by atoms with Crippen LogP contribution in [0.15, 0.2) is 0 Å². The maximum Gasteiger partial charge on any atom is 1.00 e. The maximum atomic E-state index is 10.0. The van der Waals surface area contributed by atoms with Gasteiger partial charge in [0.1, 0.15) is 0 Å². The van der Waals surface area contributed by atoms with E-state index in [1.165, 1.54) is 96.3 Å². The van der Waals surface area contributed by atoms with Crippen LogP contribution < -0.4 is 29.6 Å². The predicted molar refractivity (Wildman–Crippen MR) is 93.1 cm³/mol. The molecule has 22 heavy (non-hydrogen) atoms. The SMILES string of the molecule is CCCCCCCCCCCCCCCCCCOP=O.[Na+]. The molecule has 0 aromatic heterocycles. The second-order valence-electron chi connectivity index (χ2n) is 6.21. The van der Waals surface area contributed by atoms with Gasteiger partial charge < -0.3 is 0 Å². The number of hydrogen-bond acceptors (Lipinski definition) is 2. The van der Waals surface area contributed by atoms with E-state index in [4.69, 9.17) is 4.52 Å². The Morgan fingerprint density at radius 3 is 1.23 bits per heavy atom. The van der Waals surface area contributed by atoms with E-state index in [9.17, 15) is 4.57 Å². The van der Waals surface area contributed by atoms with E-state index >= 15 is 0 Å². The Morgan fingerprint density at radius 2 is 0.909 bits per heavy atom. The topological polar surface area (TPSA) is 26.3 Å². The molecule has 0 aromatic carbocycles. The van der Waals surface area contributed by atoms with Crippen LogP contribution in [0.1, 0.15) is 110 Å². The zero-order valence-corrected chi connectivity index (χ0v) is 18.2. The van der Waals surface area contributed by atoms with Gasteiger partial charge in [-0.05, 0) is 6.42 Å². The Balaban J connectivity index is 0. The maximum absolute atomic E-state index is 10.0. The Bertz CT molecular complexity index is 204. The van der Waals surface area contributed by atoms with Gasteiger partial charge in [0, 0.05) is 0 Å². The minimum absolute atomic E-state index is 0. The molecule has 126 valence electrons. The molecule has 0 unspecified atom stereocenters. The molecule has 0 rings (SSSR count). The molecule has 0 heterocycles. The summed E-state index contributed by atoms with van der Waals surface area (Å²) in [6.45, 7) is 2.92.